The molecule has 88 valence electrons. The van der Waals surface area contributed by atoms with Gasteiger partial charge in [0.15, 0.2) is 0 Å². The van der Waals surface area contributed by atoms with Gasteiger partial charge in [-0.1, -0.05) is 19.8 Å². The quantitative estimate of drug-likeness (QED) is 0.774. The van der Waals surface area contributed by atoms with Crippen LogP contribution in [0.5, 0.6) is 0 Å². The van der Waals surface area contributed by atoms with Crippen molar-refractivity contribution in [2.45, 2.75) is 51.5 Å². The Labute approximate surface area is 94.2 Å². The van der Waals surface area contributed by atoms with Crippen molar-refractivity contribution in [2.75, 3.05) is 19.6 Å². The van der Waals surface area contributed by atoms with Crippen LogP contribution >= 0.6 is 0 Å². The Bertz CT molecular complexity index is 193. The first kappa shape index (κ1) is 11.4. The summed E-state index contributed by atoms with van der Waals surface area (Å²) in [7, 11) is 0. The molecule has 1 saturated heterocycles. The predicted molar refractivity (Wildman–Crippen MR) is 64.8 cm³/mol. The van der Waals surface area contributed by atoms with Gasteiger partial charge in [0.05, 0.1) is 0 Å². The van der Waals surface area contributed by atoms with E-state index < -0.39 is 0 Å². The minimum Gasteiger partial charge on any atom is -0.327 e. The van der Waals surface area contributed by atoms with Crippen molar-refractivity contribution in [3.63, 3.8) is 0 Å². The van der Waals surface area contributed by atoms with Gasteiger partial charge in [-0.15, -0.1) is 0 Å². The molecule has 2 aliphatic rings. The van der Waals surface area contributed by atoms with Crippen molar-refractivity contribution >= 4 is 0 Å². The smallest absolute Gasteiger partial charge is 0.00793 e. The van der Waals surface area contributed by atoms with E-state index in [0.717, 1.165) is 11.8 Å². The van der Waals surface area contributed by atoms with Crippen molar-refractivity contribution in [3.8, 4) is 0 Å². The zero-order valence-corrected chi connectivity index (χ0v) is 10.1. The third-order valence-electron chi connectivity index (χ3n) is 4.39. The third kappa shape index (κ3) is 2.94. The Kier molecular flexibility index (Phi) is 4.04. The Morgan fingerprint density at radius 3 is 2.73 bits per heavy atom. The third-order valence-corrected chi connectivity index (χ3v) is 4.39. The van der Waals surface area contributed by atoms with E-state index in [1.165, 1.54) is 58.2 Å². The molecule has 1 aliphatic heterocycles. The zero-order valence-electron chi connectivity index (χ0n) is 10.1. The molecule has 2 fully saturated rings. The molecule has 3 atom stereocenters. The van der Waals surface area contributed by atoms with E-state index in [0.29, 0.717) is 6.04 Å². The Morgan fingerprint density at radius 2 is 2.07 bits per heavy atom. The second kappa shape index (κ2) is 5.31. The van der Waals surface area contributed by atoms with Crippen LogP contribution < -0.4 is 5.73 Å². The van der Waals surface area contributed by atoms with Gasteiger partial charge < -0.3 is 10.6 Å². The van der Waals surface area contributed by atoms with Crippen molar-refractivity contribution in [1.82, 2.24) is 4.90 Å². The van der Waals surface area contributed by atoms with E-state index in [4.69, 9.17) is 5.73 Å². The number of hydrogen-bond acceptors (Lipinski definition) is 2. The lowest BCUT2D eigenvalue weighted by atomic mass is 9.94. The number of rotatable bonds is 3. The van der Waals surface area contributed by atoms with Crippen LogP contribution in [0.4, 0.5) is 0 Å². The molecule has 0 aromatic rings. The second-order valence-corrected chi connectivity index (χ2v) is 5.53. The number of piperidine rings is 1. The molecule has 0 aromatic heterocycles. The first-order chi connectivity index (χ1) is 7.29. The fraction of sp³-hybridized carbons (Fsp3) is 1.00. The lowest BCUT2D eigenvalue weighted by Gasteiger charge is -2.34. The lowest BCUT2D eigenvalue weighted by molar-refractivity contribution is 0.146. The largest absolute Gasteiger partial charge is 0.327 e. The van der Waals surface area contributed by atoms with Crippen LogP contribution in [0.15, 0.2) is 0 Å². The molecule has 15 heavy (non-hydrogen) atoms. The molecule has 0 radical (unpaired) electrons. The van der Waals surface area contributed by atoms with Crippen LogP contribution in [-0.2, 0) is 0 Å². The summed E-state index contributed by atoms with van der Waals surface area (Å²) in [6.07, 6.45) is 8.19. The zero-order chi connectivity index (χ0) is 10.7. The minimum atomic E-state index is 0.493. The molecule has 2 N–H and O–H groups in total. The second-order valence-electron chi connectivity index (χ2n) is 5.53. The van der Waals surface area contributed by atoms with Crippen LogP contribution in [0.3, 0.4) is 0 Å². The van der Waals surface area contributed by atoms with Crippen LogP contribution in [0.1, 0.15) is 45.4 Å². The lowest BCUT2D eigenvalue weighted by Crippen LogP contribution is -2.41. The van der Waals surface area contributed by atoms with Gasteiger partial charge in [-0.3, -0.25) is 0 Å². The fourth-order valence-electron chi connectivity index (χ4n) is 3.27. The van der Waals surface area contributed by atoms with E-state index in [-0.39, 0.29) is 0 Å². The summed E-state index contributed by atoms with van der Waals surface area (Å²) in [4.78, 5) is 2.67. The van der Waals surface area contributed by atoms with Gasteiger partial charge >= 0.3 is 0 Å². The van der Waals surface area contributed by atoms with E-state index in [1.54, 1.807) is 0 Å². The van der Waals surface area contributed by atoms with Gasteiger partial charge in [-0.25, -0.2) is 0 Å². The highest BCUT2D eigenvalue weighted by molar-refractivity contribution is 4.84. The van der Waals surface area contributed by atoms with Gasteiger partial charge in [0.25, 0.3) is 0 Å². The van der Waals surface area contributed by atoms with Crippen molar-refractivity contribution in [2.24, 2.45) is 17.6 Å². The molecule has 3 unspecified atom stereocenters. The van der Waals surface area contributed by atoms with Gasteiger partial charge in [0.1, 0.15) is 0 Å². The molecule has 0 bridgehead atoms. The summed E-state index contributed by atoms with van der Waals surface area (Å²) in [6, 6.07) is 0.493. The first-order valence-corrected chi connectivity index (χ1v) is 6.77. The molecule has 1 saturated carbocycles. The van der Waals surface area contributed by atoms with Crippen LogP contribution in [-0.4, -0.2) is 30.6 Å². The summed E-state index contributed by atoms with van der Waals surface area (Å²) in [5, 5.41) is 0. The molecule has 2 rings (SSSR count). The molecule has 0 aromatic carbocycles. The highest BCUT2D eigenvalue weighted by atomic mass is 15.1. The van der Waals surface area contributed by atoms with E-state index in [1.807, 2.05) is 0 Å². The van der Waals surface area contributed by atoms with E-state index >= 15 is 0 Å². The SMILES string of the molecule is CCC1CCCN(CC2CCCC2N)C1. The number of nitrogens with two attached hydrogens (primary N) is 1. The highest BCUT2D eigenvalue weighted by Gasteiger charge is 2.27. The summed E-state index contributed by atoms with van der Waals surface area (Å²) in [6.45, 7) is 6.26. The van der Waals surface area contributed by atoms with E-state index in [2.05, 4.69) is 11.8 Å². The summed E-state index contributed by atoms with van der Waals surface area (Å²) in [5.41, 5.74) is 6.14. The molecule has 1 heterocycles. The van der Waals surface area contributed by atoms with Gasteiger partial charge in [0.2, 0.25) is 0 Å². The Hall–Kier alpha value is -0.0800. The maximum Gasteiger partial charge on any atom is 0.00793 e. The molecular weight excluding hydrogens is 184 g/mol. The predicted octanol–water partition coefficient (Wildman–Crippen LogP) is 2.24. The number of nitrogens with zero attached hydrogens (tertiary/aromatic N) is 1. The molecule has 0 amide bonds. The van der Waals surface area contributed by atoms with Crippen LogP contribution in [0, 0.1) is 11.8 Å². The van der Waals surface area contributed by atoms with Gasteiger partial charge in [0, 0.05) is 19.1 Å². The molecule has 0 spiro atoms. The average Bonchev–Trinajstić information content (AvgIpc) is 2.65. The van der Waals surface area contributed by atoms with Crippen molar-refractivity contribution in [3.05, 3.63) is 0 Å². The van der Waals surface area contributed by atoms with Crippen molar-refractivity contribution < 1.29 is 0 Å². The maximum absolute atomic E-state index is 6.14. The number of hydrogen-bond donors (Lipinski definition) is 1. The van der Waals surface area contributed by atoms with Crippen molar-refractivity contribution in [1.29, 1.82) is 0 Å². The number of likely N-dealkylation sites (tertiary alicyclic amines) is 1. The first-order valence-electron chi connectivity index (χ1n) is 6.77. The monoisotopic (exact) mass is 210 g/mol. The minimum absolute atomic E-state index is 0.493. The normalized spacial score (nSPS) is 38.4. The molecule has 2 nitrogen and oxygen atoms in total. The van der Waals surface area contributed by atoms with Crippen LogP contribution in [0.2, 0.25) is 0 Å². The summed E-state index contributed by atoms with van der Waals surface area (Å²) in [5.74, 6) is 1.75. The van der Waals surface area contributed by atoms with Gasteiger partial charge in [-0.05, 0) is 44.1 Å². The summed E-state index contributed by atoms with van der Waals surface area (Å²) >= 11 is 0. The Balaban J connectivity index is 1.78. The standard InChI is InChI=1S/C13H26N2/c1-2-11-5-4-8-15(9-11)10-12-6-3-7-13(12)14/h11-13H,2-10,14H2,1H3. The van der Waals surface area contributed by atoms with E-state index in [9.17, 15) is 0 Å². The average molecular weight is 210 g/mol. The van der Waals surface area contributed by atoms with Gasteiger partial charge in [-0.2, -0.15) is 0 Å². The molecule has 1 aliphatic carbocycles. The molecular formula is C13H26N2. The fourth-order valence-corrected chi connectivity index (χ4v) is 3.27. The topological polar surface area (TPSA) is 29.3 Å². The van der Waals surface area contributed by atoms with Crippen LogP contribution in [0.25, 0.3) is 0 Å². The maximum atomic E-state index is 6.14. The Morgan fingerprint density at radius 1 is 1.20 bits per heavy atom. The molecule has 2 heteroatoms. The summed E-state index contributed by atoms with van der Waals surface area (Å²) < 4.78 is 0. The highest BCUT2D eigenvalue weighted by Crippen LogP contribution is 2.27.